The fourth-order valence-corrected chi connectivity index (χ4v) is 3.26. The zero-order valence-electron chi connectivity index (χ0n) is 14.9. The van der Waals surface area contributed by atoms with Crippen molar-refractivity contribution in [3.63, 3.8) is 0 Å². The Balaban J connectivity index is 1.60. The molecule has 1 aliphatic rings. The Morgan fingerprint density at radius 1 is 1.12 bits per heavy atom. The van der Waals surface area contributed by atoms with Gasteiger partial charge >= 0.3 is 6.03 Å². The minimum Gasteiger partial charge on any atom is -0.361 e. The van der Waals surface area contributed by atoms with Crippen LogP contribution in [0.4, 0.5) is 4.79 Å². The van der Waals surface area contributed by atoms with Gasteiger partial charge in [-0.05, 0) is 31.9 Å². The van der Waals surface area contributed by atoms with Gasteiger partial charge in [0.1, 0.15) is 0 Å². The van der Waals surface area contributed by atoms with E-state index in [1.807, 2.05) is 49.2 Å². The molecule has 3 amide bonds. The highest BCUT2D eigenvalue weighted by Crippen LogP contribution is 2.19. The van der Waals surface area contributed by atoms with E-state index >= 15 is 0 Å². The van der Waals surface area contributed by atoms with Gasteiger partial charge in [0.2, 0.25) is 5.91 Å². The lowest BCUT2D eigenvalue weighted by Gasteiger charge is -2.23. The number of nitrogens with zero attached hydrogens (tertiary/aromatic N) is 2. The van der Waals surface area contributed by atoms with Crippen molar-refractivity contribution in [2.45, 2.75) is 32.7 Å². The average Bonchev–Trinajstić information content (AvgIpc) is 2.81. The van der Waals surface area contributed by atoms with Crippen LogP contribution in [0.2, 0.25) is 0 Å². The zero-order valence-corrected chi connectivity index (χ0v) is 14.9. The van der Waals surface area contributed by atoms with Crippen LogP contribution in [0.1, 0.15) is 25.8 Å². The molecule has 2 aromatic rings. The maximum atomic E-state index is 12.7. The van der Waals surface area contributed by atoms with Gasteiger partial charge in [-0.1, -0.05) is 18.2 Å². The fraction of sp³-hybridized carbons (Fsp3) is 0.474. The number of amides is 3. The smallest absolute Gasteiger partial charge is 0.317 e. The van der Waals surface area contributed by atoms with Gasteiger partial charge in [-0.3, -0.25) is 4.79 Å². The number of aromatic amines is 1. The Bertz CT molecular complexity index is 753. The molecular weight excluding hydrogens is 316 g/mol. The molecular formula is C19H26N4O2. The quantitative estimate of drug-likeness (QED) is 0.899. The van der Waals surface area contributed by atoms with E-state index < -0.39 is 0 Å². The molecule has 6 heteroatoms. The SMILES string of the molecule is CC(C)NC(=O)N1CCCN(C(=O)Cc2c[nH]c3ccccc23)CC1. The van der Waals surface area contributed by atoms with Crippen LogP contribution in [-0.4, -0.2) is 58.9 Å². The lowest BCUT2D eigenvalue weighted by molar-refractivity contribution is -0.130. The molecule has 2 N–H and O–H groups in total. The van der Waals surface area contributed by atoms with E-state index in [4.69, 9.17) is 0 Å². The van der Waals surface area contributed by atoms with Crippen molar-refractivity contribution in [3.05, 3.63) is 36.0 Å². The van der Waals surface area contributed by atoms with Crippen LogP contribution in [0.3, 0.4) is 0 Å². The van der Waals surface area contributed by atoms with Crippen LogP contribution in [0, 0.1) is 0 Å². The van der Waals surface area contributed by atoms with Crippen molar-refractivity contribution in [2.75, 3.05) is 26.2 Å². The average molecular weight is 342 g/mol. The largest absolute Gasteiger partial charge is 0.361 e. The summed E-state index contributed by atoms with van der Waals surface area (Å²) in [4.78, 5) is 31.8. The van der Waals surface area contributed by atoms with E-state index in [2.05, 4.69) is 10.3 Å². The molecule has 25 heavy (non-hydrogen) atoms. The summed E-state index contributed by atoms with van der Waals surface area (Å²) in [6, 6.07) is 8.10. The first-order chi connectivity index (χ1) is 12.0. The molecule has 1 aliphatic heterocycles. The first-order valence-electron chi connectivity index (χ1n) is 8.93. The third kappa shape index (κ3) is 4.13. The van der Waals surface area contributed by atoms with Gasteiger partial charge in [0.05, 0.1) is 6.42 Å². The van der Waals surface area contributed by atoms with Gasteiger partial charge in [0.25, 0.3) is 0 Å². The molecule has 3 rings (SSSR count). The normalized spacial score (nSPS) is 15.5. The van der Waals surface area contributed by atoms with E-state index in [9.17, 15) is 9.59 Å². The Hall–Kier alpha value is -2.50. The first kappa shape index (κ1) is 17.3. The summed E-state index contributed by atoms with van der Waals surface area (Å²) in [5.74, 6) is 0.121. The number of para-hydroxylation sites is 1. The number of benzene rings is 1. The number of H-pyrrole nitrogens is 1. The Labute approximate surface area is 148 Å². The third-order valence-corrected chi connectivity index (χ3v) is 4.56. The summed E-state index contributed by atoms with van der Waals surface area (Å²) >= 11 is 0. The summed E-state index contributed by atoms with van der Waals surface area (Å²) in [5, 5.41) is 4.02. The number of fused-ring (bicyclic) bond motifs is 1. The second kappa shape index (κ2) is 7.59. The molecule has 0 unspecified atom stereocenters. The standard InChI is InChI=1S/C19H26N4O2/c1-14(2)21-19(25)23-9-5-8-22(10-11-23)18(24)12-15-13-20-17-7-4-3-6-16(15)17/h3-4,6-7,13-14,20H,5,8-12H2,1-2H3,(H,21,25). The minimum absolute atomic E-state index is 0.0408. The highest BCUT2D eigenvalue weighted by atomic mass is 16.2. The predicted molar refractivity (Wildman–Crippen MR) is 98.4 cm³/mol. The minimum atomic E-state index is -0.0408. The topological polar surface area (TPSA) is 68.4 Å². The molecule has 134 valence electrons. The van der Waals surface area contributed by atoms with Crippen molar-refractivity contribution >= 4 is 22.8 Å². The monoisotopic (exact) mass is 342 g/mol. The van der Waals surface area contributed by atoms with Crippen molar-refractivity contribution in [1.29, 1.82) is 0 Å². The number of hydrogen-bond donors (Lipinski definition) is 2. The molecule has 6 nitrogen and oxygen atoms in total. The number of rotatable bonds is 3. The van der Waals surface area contributed by atoms with Crippen LogP contribution >= 0.6 is 0 Å². The molecule has 0 radical (unpaired) electrons. The highest BCUT2D eigenvalue weighted by Gasteiger charge is 2.22. The number of urea groups is 1. The number of nitrogens with one attached hydrogen (secondary N) is 2. The van der Waals surface area contributed by atoms with Gasteiger partial charge in [0.15, 0.2) is 0 Å². The molecule has 0 aliphatic carbocycles. The van der Waals surface area contributed by atoms with Crippen LogP contribution < -0.4 is 5.32 Å². The summed E-state index contributed by atoms with van der Waals surface area (Å²) in [6.45, 7) is 6.46. The van der Waals surface area contributed by atoms with Crippen molar-refractivity contribution in [3.8, 4) is 0 Å². The summed E-state index contributed by atoms with van der Waals surface area (Å²) in [5.41, 5.74) is 2.08. The maximum Gasteiger partial charge on any atom is 0.317 e. The predicted octanol–water partition coefficient (Wildman–Crippen LogP) is 2.36. The van der Waals surface area contributed by atoms with Crippen molar-refractivity contribution in [1.82, 2.24) is 20.1 Å². The molecule has 0 spiro atoms. The fourth-order valence-electron chi connectivity index (χ4n) is 3.26. The number of carbonyl (C=O) groups excluding carboxylic acids is 2. The van der Waals surface area contributed by atoms with E-state index in [1.165, 1.54) is 0 Å². The molecule has 0 saturated carbocycles. The van der Waals surface area contributed by atoms with Crippen LogP contribution in [-0.2, 0) is 11.2 Å². The lowest BCUT2D eigenvalue weighted by atomic mass is 10.1. The second-order valence-corrected chi connectivity index (χ2v) is 6.86. The molecule has 1 saturated heterocycles. The van der Waals surface area contributed by atoms with Gasteiger partial charge in [-0.15, -0.1) is 0 Å². The number of aromatic nitrogens is 1. The van der Waals surface area contributed by atoms with Crippen LogP contribution in [0.15, 0.2) is 30.5 Å². The number of hydrogen-bond acceptors (Lipinski definition) is 2. The van der Waals surface area contributed by atoms with E-state index in [0.717, 1.165) is 22.9 Å². The van der Waals surface area contributed by atoms with Crippen molar-refractivity contribution < 1.29 is 9.59 Å². The Kier molecular flexibility index (Phi) is 5.26. The Morgan fingerprint density at radius 2 is 1.84 bits per heavy atom. The molecule has 0 atom stereocenters. The van der Waals surface area contributed by atoms with E-state index in [0.29, 0.717) is 32.6 Å². The van der Waals surface area contributed by atoms with Gasteiger partial charge in [-0.2, -0.15) is 0 Å². The summed E-state index contributed by atoms with van der Waals surface area (Å²) in [6.07, 6.45) is 3.12. The Morgan fingerprint density at radius 3 is 2.64 bits per heavy atom. The first-order valence-corrected chi connectivity index (χ1v) is 8.93. The van der Waals surface area contributed by atoms with E-state index in [-0.39, 0.29) is 18.0 Å². The number of carbonyl (C=O) groups is 2. The highest BCUT2D eigenvalue weighted by molar-refractivity contribution is 5.89. The molecule has 1 aromatic carbocycles. The zero-order chi connectivity index (χ0) is 17.8. The van der Waals surface area contributed by atoms with E-state index in [1.54, 1.807) is 4.90 Å². The molecule has 0 bridgehead atoms. The van der Waals surface area contributed by atoms with Gasteiger partial charge < -0.3 is 20.1 Å². The molecule has 2 heterocycles. The van der Waals surface area contributed by atoms with Gasteiger partial charge in [0, 0.05) is 49.3 Å². The van der Waals surface area contributed by atoms with Crippen molar-refractivity contribution in [2.24, 2.45) is 0 Å². The van der Waals surface area contributed by atoms with Crippen LogP contribution in [0.25, 0.3) is 10.9 Å². The summed E-state index contributed by atoms with van der Waals surface area (Å²) < 4.78 is 0. The third-order valence-electron chi connectivity index (χ3n) is 4.56. The van der Waals surface area contributed by atoms with Gasteiger partial charge in [-0.25, -0.2) is 4.79 Å². The molecule has 1 fully saturated rings. The maximum absolute atomic E-state index is 12.7. The lowest BCUT2D eigenvalue weighted by Crippen LogP contribution is -2.45. The summed E-state index contributed by atoms with van der Waals surface area (Å²) in [7, 11) is 0. The molecule has 1 aromatic heterocycles. The second-order valence-electron chi connectivity index (χ2n) is 6.86. The van der Waals surface area contributed by atoms with Crippen LogP contribution in [0.5, 0.6) is 0 Å².